The number of rotatable bonds is 7. The number of benzene rings is 2. The lowest BCUT2D eigenvalue weighted by atomic mass is 9.90. The molecule has 0 unspecified atom stereocenters. The van der Waals surface area contributed by atoms with Crippen molar-refractivity contribution in [3.05, 3.63) is 90.1 Å². The Hall–Kier alpha value is -3.52. The summed E-state index contributed by atoms with van der Waals surface area (Å²) in [5.74, 6) is -0.960. The summed E-state index contributed by atoms with van der Waals surface area (Å²) in [5.41, 5.74) is 0.149. The van der Waals surface area contributed by atoms with E-state index in [9.17, 15) is 18.0 Å². The number of carbonyl (C=O) groups is 2. The van der Waals surface area contributed by atoms with Crippen LogP contribution in [0.3, 0.4) is 0 Å². The Morgan fingerprint density at radius 3 is 2.26 bits per heavy atom. The summed E-state index contributed by atoms with van der Waals surface area (Å²) in [5, 5.41) is 0. The number of nitrogens with one attached hydrogen (secondary N) is 1. The lowest BCUT2D eigenvalue weighted by Crippen LogP contribution is -2.36. The monoisotopic (exact) mass is 436 g/mol. The lowest BCUT2D eigenvalue weighted by Gasteiger charge is -2.19. The van der Waals surface area contributed by atoms with E-state index in [1.807, 2.05) is 4.57 Å². The number of nitrogens with zero attached hydrogens (tertiary/aromatic N) is 2. The van der Waals surface area contributed by atoms with E-state index in [4.69, 9.17) is 0 Å². The topological polar surface area (TPSA) is 89.1 Å². The Labute approximate surface area is 180 Å². The average Bonchev–Trinajstić information content (AvgIpc) is 3.25. The third kappa shape index (κ3) is 3.94. The van der Waals surface area contributed by atoms with Crippen LogP contribution in [0.2, 0.25) is 0 Å². The molecule has 0 atom stereocenters. The average molecular weight is 437 g/mol. The molecule has 0 aliphatic heterocycles. The highest BCUT2D eigenvalue weighted by Crippen LogP contribution is 2.28. The molecule has 0 bridgehead atoms. The number of imidazole rings is 1. The molecule has 3 aromatic rings. The Morgan fingerprint density at radius 2 is 1.58 bits per heavy atom. The summed E-state index contributed by atoms with van der Waals surface area (Å²) in [6.07, 6.45) is 7.11. The first-order valence-corrected chi connectivity index (χ1v) is 11.5. The molecule has 2 aromatic carbocycles. The van der Waals surface area contributed by atoms with Crippen LogP contribution < -0.4 is 9.29 Å². The standard InChI is InChI=1S/C23H21N3O4S/c1-2-3-13-25-14-15-26(16-25)21-20(24-31(29,30)17-9-5-4-6-10-17)22(27)18-11-7-8-12-19(18)23(21)28/h4-12,14-16H,2-3,13H2,1H3/p+1. The minimum Gasteiger partial charge on any atom is -0.287 e. The molecule has 0 saturated heterocycles. The van der Waals surface area contributed by atoms with Gasteiger partial charge in [-0.25, -0.2) is 13.0 Å². The molecule has 158 valence electrons. The minimum atomic E-state index is -4.07. The van der Waals surface area contributed by atoms with Crippen LogP contribution in [0.5, 0.6) is 0 Å². The van der Waals surface area contributed by atoms with Crippen molar-refractivity contribution in [1.29, 1.82) is 0 Å². The minimum absolute atomic E-state index is 0.00599. The fraction of sp³-hybridized carbons (Fsp3) is 0.174. The fourth-order valence-electron chi connectivity index (χ4n) is 3.50. The maximum absolute atomic E-state index is 13.3. The number of allylic oxidation sites excluding steroid dienone is 2. The number of hydrogen-bond donors (Lipinski definition) is 1. The van der Waals surface area contributed by atoms with Crippen LogP contribution in [0.25, 0.3) is 5.70 Å². The van der Waals surface area contributed by atoms with Crippen molar-refractivity contribution >= 4 is 27.3 Å². The Balaban J connectivity index is 1.85. The van der Waals surface area contributed by atoms with Crippen LogP contribution in [0.1, 0.15) is 40.5 Å². The summed E-state index contributed by atoms with van der Waals surface area (Å²) in [4.78, 5) is 26.6. The molecule has 0 radical (unpaired) electrons. The van der Waals surface area contributed by atoms with Gasteiger partial charge < -0.3 is 0 Å². The maximum Gasteiger partial charge on any atom is 0.262 e. The predicted octanol–water partition coefficient (Wildman–Crippen LogP) is 2.80. The van der Waals surface area contributed by atoms with Gasteiger partial charge in [0.25, 0.3) is 10.0 Å². The fourth-order valence-corrected chi connectivity index (χ4v) is 4.59. The highest BCUT2D eigenvalue weighted by Gasteiger charge is 2.38. The number of unbranched alkanes of at least 4 members (excludes halogenated alkanes) is 1. The largest absolute Gasteiger partial charge is 0.287 e. The molecule has 1 heterocycles. The van der Waals surface area contributed by atoms with E-state index in [0.717, 1.165) is 19.4 Å². The Morgan fingerprint density at radius 1 is 0.935 bits per heavy atom. The zero-order valence-corrected chi connectivity index (χ0v) is 17.8. The molecule has 0 saturated carbocycles. The van der Waals surface area contributed by atoms with E-state index >= 15 is 0 Å². The lowest BCUT2D eigenvalue weighted by molar-refractivity contribution is -0.696. The predicted molar refractivity (Wildman–Crippen MR) is 115 cm³/mol. The molecule has 8 heteroatoms. The van der Waals surface area contributed by atoms with E-state index in [1.54, 1.807) is 55.1 Å². The molecule has 0 fully saturated rings. The third-order valence-electron chi connectivity index (χ3n) is 5.10. The summed E-state index contributed by atoms with van der Waals surface area (Å²) in [6.45, 7) is 2.83. The van der Waals surface area contributed by atoms with Gasteiger partial charge in [-0.15, -0.1) is 0 Å². The molecule has 1 aromatic heterocycles. The van der Waals surface area contributed by atoms with Gasteiger partial charge in [0.2, 0.25) is 23.6 Å². The number of aryl methyl sites for hydroxylation is 1. The number of carbonyl (C=O) groups excluding carboxylic acids is 2. The van der Waals surface area contributed by atoms with Crippen molar-refractivity contribution in [1.82, 2.24) is 9.29 Å². The van der Waals surface area contributed by atoms with Crippen LogP contribution >= 0.6 is 0 Å². The molecule has 4 rings (SSSR count). The number of aromatic nitrogens is 2. The van der Waals surface area contributed by atoms with Gasteiger partial charge in [-0.2, -0.15) is 4.57 Å². The number of ketones is 2. The first kappa shape index (κ1) is 20.7. The van der Waals surface area contributed by atoms with Gasteiger partial charge in [0.15, 0.2) is 0 Å². The number of hydrogen-bond acceptors (Lipinski definition) is 4. The summed E-state index contributed by atoms with van der Waals surface area (Å²) in [7, 11) is -4.07. The van der Waals surface area contributed by atoms with Crippen LogP contribution in [0, 0.1) is 0 Å². The van der Waals surface area contributed by atoms with E-state index in [-0.39, 0.29) is 27.4 Å². The quantitative estimate of drug-likeness (QED) is 0.577. The first-order valence-electron chi connectivity index (χ1n) is 10.0. The molecule has 31 heavy (non-hydrogen) atoms. The molecule has 7 nitrogen and oxygen atoms in total. The molecule has 0 spiro atoms. The second kappa shape index (κ2) is 8.31. The molecular weight excluding hydrogens is 414 g/mol. The molecule has 1 aliphatic rings. The van der Waals surface area contributed by atoms with Gasteiger partial charge in [-0.05, 0) is 18.6 Å². The summed E-state index contributed by atoms with van der Waals surface area (Å²) >= 11 is 0. The first-order chi connectivity index (χ1) is 14.9. The molecule has 1 N–H and O–H groups in total. The van der Waals surface area contributed by atoms with Crippen molar-refractivity contribution in [2.45, 2.75) is 31.2 Å². The van der Waals surface area contributed by atoms with Gasteiger partial charge in [0.1, 0.15) is 18.1 Å². The zero-order chi connectivity index (χ0) is 22.0. The summed E-state index contributed by atoms with van der Waals surface area (Å²) in [6, 6.07) is 14.2. The van der Waals surface area contributed by atoms with Gasteiger partial charge in [-0.1, -0.05) is 55.8 Å². The van der Waals surface area contributed by atoms with Crippen LogP contribution in [0.4, 0.5) is 0 Å². The number of sulfonamides is 1. The van der Waals surface area contributed by atoms with Crippen molar-refractivity contribution in [2.75, 3.05) is 0 Å². The van der Waals surface area contributed by atoms with Gasteiger partial charge in [0, 0.05) is 11.1 Å². The highest BCUT2D eigenvalue weighted by atomic mass is 32.2. The SMILES string of the molecule is CCCC[n+]1ccn(C2=C(NS(=O)(=O)c3ccccc3)C(=O)c3ccccc3C2=O)c1. The van der Waals surface area contributed by atoms with Crippen molar-refractivity contribution in [3.8, 4) is 0 Å². The van der Waals surface area contributed by atoms with Gasteiger partial charge in [0.05, 0.1) is 11.4 Å². The van der Waals surface area contributed by atoms with Gasteiger partial charge in [-0.3, -0.25) is 14.3 Å². The third-order valence-corrected chi connectivity index (χ3v) is 6.47. The maximum atomic E-state index is 13.3. The number of Topliss-reactive ketones (excluding diaryl/α,β-unsaturated/α-hetero) is 2. The second-order valence-corrected chi connectivity index (χ2v) is 8.94. The number of fused-ring (bicyclic) bond motifs is 1. The van der Waals surface area contributed by atoms with E-state index in [2.05, 4.69) is 11.6 Å². The molecular formula is C23H22N3O4S+. The molecule has 1 aliphatic carbocycles. The zero-order valence-electron chi connectivity index (χ0n) is 17.0. The van der Waals surface area contributed by atoms with Crippen molar-refractivity contribution in [3.63, 3.8) is 0 Å². The normalized spacial score (nSPS) is 14.0. The van der Waals surface area contributed by atoms with Crippen LogP contribution in [0.15, 0.2) is 83.9 Å². The smallest absolute Gasteiger partial charge is 0.262 e. The van der Waals surface area contributed by atoms with E-state index in [1.165, 1.54) is 22.8 Å². The van der Waals surface area contributed by atoms with Gasteiger partial charge >= 0.3 is 0 Å². The van der Waals surface area contributed by atoms with Crippen LogP contribution in [-0.2, 0) is 16.6 Å². The van der Waals surface area contributed by atoms with Crippen molar-refractivity contribution < 1.29 is 22.6 Å². The Kier molecular flexibility index (Phi) is 5.56. The Bertz CT molecular complexity index is 1290. The second-order valence-electron chi connectivity index (χ2n) is 7.26. The van der Waals surface area contributed by atoms with E-state index in [0.29, 0.717) is 0 Å². The van der Waals surface area contributed by atoms with Crippen LogP contribution in [-0.4, -0.2) is 24.6 Å². The van der Waals surface area contributed by atoms with Crippen molar-refractivity contribution in [2.24, 2.45) is 0 Å². The highest BCUT2D eigenvalue weighted by molar-refractivity contribution is 7.89. The van der Waals surface area contributed by atoms with E-state index < -0.39 is 21.6 Å². The summed E-state index contributed by atoms with van der Waals surface area (Å²) < 4.78 is 31.7. The molecule has 0 amide bonds.